The summed E-state index contributed by atoms with van der Waals surface area (Å²) >= 11 is 0. The number of rotatable bonds is 6. The SMILES string of the molecule is CCC(O)(CC)CNc1cc(C(N)=O)ccc1N. The van der Waals surface area contributed by atoms with Crippen LogP contribution in [0, 0.1) is 0 Å². The van der Waals surface area contributed by atoms with Gasteiger partial charge in [0.25, 0.3) is 0 Å². The lowest BCUT2D eigenvalue weighted by Crippen LogP contribution is -2.35. The van der Waals surface area contributed by atoms with E-state index in [1.54, 1.807) is 18.2 Å². The smallest absolute Gasteiger partial charge is 0.248 e. The van der Waals surface area contributed by atoms with Crippen molar-refractivity contribution >= 4 is 17.3 Å². The summed E-state index contributed by atoms with van der Waals surface area (Å²) in [6.45, 7) is 4.23. The maximum Gasteiger partial charge on any atom is 0.248 e. The van der Waals surface area contributed by atoms with Crippen molar-refractivity contribution in [2.45, 2.75) is 32.3 Å². The minimum atomic E-state index is -0.769. The highest BCUT2D eigenvalue weighted by Crippen LogP contribution is 2.22. The number of nitrogens with one attached hydrogen (secondary N) is 1. The van der Waals surface area contributed by atoms with Crippen LogP contribution in [0.2, 0.25) is 0 Å². The first-order chi connectivity index (χ1) is 8.41. The number of benzene rings is 1. The number of nitrogen functional groups attached to an aromatic ring is 1. The summed E-state index contributed by atoms with van der Waals surface area (Å²) in [4.78, 5) is 11.1. The lowest BCUT2D eigenvalue weighted by atomic mass is 9.97. The third-order valence-corrected chi connectivity index (χ3v) is 3.26. The zero-order valence-electron chi connectivity index (χ0n) is 10.9. The van der Waals surface area contributed by atoms with Crippen LogP contribution in [0.15, 0.2) is 18.2 Å². The zero-order chi connectivity index (χ0) is 13.8. The molecule has 1 rings (SSSR count). The Morgan fingerprint density at radius 2 is 2.00 bits per heavy atom. The van der Waals surface area contributed by atoms with E-state index in [2.05, 4.69) is 5.32 Å². The maximum absolute atomic E-state index is 11.1. The number of aliphatic hydroxyl groups is 1. The Balaban J connectivity index is 2.84. The van der Waals surface area contributed by atoms with Gasteiger partial charge in [-0.15, -0.1) is 0 Å². The standard InChI is InChI=1S/C13H21N3O2/c1-3-13(18,4-2)8-16-11-7-9(12(15)17)5-6-10(11)14/h5-7,16,18H,3-4,8,14H2,1-2H3,(H2,15,17). The van der Waals surface area contributed by atoms with E-state index in [1.165, 1.54) is 0 Å². The fourth-order valence-corrected chi connectivity index (χ4v) is 1.62. The lowest BCUT2D eigenvalue weighted by molar-refractivity contribution is 0.0457. The van der Waals surface area contributed by atoms with Crippen LogP contribution in [-0.4, -0.2) is 23.2 Å². The summed E-state index contributed by atoms with van der Waals surface area (Å²) in [5, 5.41) is 13.2. The van der Waals surface area contributed by atoms with Crippen molar-refractivity contribution < 1.29 is 9.90 Å². The van der Waals surface area contributed by atoms with Crippen molar-refractivity contribution in [2.75, 3.05) is 17.6 Å². The first kappa shape index (κ1) is 14.3. The molecule has 1 amide bonds. The number of carbonyl (C=O) groups excluding carboxylic acids is 1. The molecule has 5 heteroatoms. The molecule has 100 valence electrons. The molecular weight excluding hydrogens is 230 g/mol. The number of carbonyl (C=O) groups is 1. The van der Waals surface area contributed by atoms with E-state index in [0.29, 0.717) is 36.3 Å². The highest BCUT2D eigenvalue weighted by atomic mass is 16.3. The average molecular weight is 251 g/mol. The molecule has 0 aromatic heterocycles. The number of primary amides is 1. The summed E-state index contributed by atoms with van der Waals surface area (Å²) in [6.07, 6.45) is 1.29. The third kappa shape index (κ3) is 3.37. The molecule has 1 aromatic rings. The third-order valence-electron chi connectivity index (χ3n) is 3.26. The summed E-state index contributed by atoms with van der Waals surface area (Å²) in [5.74, 6) is -0.501. The molecule has 0 spiro atoms. The summed E-state index contributed by atoms with van der Waals surface area (Å²) in [6, 6.07) is 4.80. The van der Waals surface area contributed by atoms with E-state index < -0.39 is 11.5 Å². The highest BCUT2D eigenvalue weighted by Gasteiger charge is 2.22. The average Bonchev–Trinajstić information content (AvgIpc) is 2.37. The van der Waals surface area contributed by atoms with Gasteiger partial charge in [0.2, 0.25) is 5.91 Å². The van der Waals surface area contributed by atoms with Gasteiger partial charge in [-0.1, -0.05) is 13.8 Å². The van der Waals surface area contributed by atoms with Crippen molar-refractivity contribution in [3.8, 4) is 0 Å². The lowest BCUT2D eigenvalue weighted by Gasteiger charge is -2.26. The van der Waals surface area contributed by atoms with Crippen LogP contribution in [0.4, 0.5) is 11.4 Å². The van der Waals surface area contributed by atoms with Gasteiger partial charge in [-0.3, -0.25) is 4.79 Å². The van der Waals surface area contributed by atoms with Crippen molar-refractivity contribution in [3.63, 3.8) is 0 Å². The van der Waals surface area contributed by atoms with Crippen LogP contribution in [-0.2, 0) is 0 Å². The van der Waals surface area contributed by atoms with Crippen LogP contribution < -0.4 is 16.8 Å². The molecule has 0 atom stereocenters. The number of anilines is 2. The summed E-state index contributed by atoms with van der Waals surface area (Å²) in [7, 11) is 0. The van der Waals surface area contributed by atoms with Gasteiger partial charge in [-0.05, 0) is 31.0 Å². The fourth-order valence-electron chi connectivity index (χ4n) is 1.62. The Morgan fingerprint density at radius 1 is 1.39 bits per heavy atom. The zero-order valence-corrected chi connectivity index (χ0v) is 10.9. The molecule has 6 N–H and O–H groups in total. The second-order valence-corrected chi connectivity index (χ2v) is 4.45. The molecule has 1 aromatic carbocycles. The molecule has 0 aliphatic carbocycles. The van der Waals surface area contributed by atoms with E-state index in [4.69, 9.17) is 11.5 Å². The number of nitrogens with two attached hydrogens (primary N) is 2. The Kier molecular flexibility index (Phi) is 4.55. The fraction of sp³-hybridized carbons (Fsp3) is 0.462. The first-order valence-electron chi connectivity index (χ1n) is 6.07. The number of amides is 1. The van der Waals surface area contributed by atoms with E-state index in [0.717, 1.165) is 0 Å². The minimum absolute atomic E-state index is 0.381. The van der Waals surface area contributed by atoms with Crippen molar-refractivity contribution in [1.82, 2.24) is 0 Å². The van der Waals surface area contributed by atoms with E-state index in [9.17, 15) is 9.90 Å². The van der Waals surface area contributed by atoms with Gasteiger partial charge in [-0.25, -0.2) is 0 Å². The molecule has 0 fully saturated rings. The van der Waals surface area contributed by atoms with Crippen LogP contribution in [0.3, 0.4) is 0 Å². The molecule has 0 heterocycles. The van der Waals surface area contributed by atoms with Gasteiger partial charge in [0.15, 0.2) is 0 Å². The first-order valence-corrected chi connectivity index (χ1v) is 6.07. The summed E-state index contributed by atoms with van der Waals surface area (Å²) in [5.41, 5.74) is 11.8. The van der Waals surface area contributed by atoms with E-state index >= 15 is 0 Å². The molecule has 0 aliphatic rings. The van der Waals surface area contributed by atoms with Crippen LogP contribution >= 0.6 is 0 Å². The van der Waals surface area contributed by atoms with E-state index in [-0.39, 0.29) is 0 Å². The largest absolute Gasteiger partial charge is 0.397 e. The molecule has 0 saturated heterocycles. The quantitative estimate of drug-likeness (QED) is 0.573. The molecule has 18 heavy (non-hydrogen) atoms. The number of hydrogen-bond donors (Lipinski definition) is 4. The molecule has 0 bridgehead atoms. The second kappa shape index (κ2) is 5.73. The normalized spacial score (nSPS) is 11.3. The van der Waals surface area contributed by atoms with Gasteiger partial charge < -0.3 is 21.9 Å². The Bertz CT molecular complexity index is 428. The topological polar surface area (TPSA) is 101 Å². The monoisotopic (exact) mass is 251 g/mol. The Morgan fingerprint density at radius 3 is 2.50 bits per heavy atom. The predicted octanol–water partition coefficient (Wildman–Crippen LogP) is 1.33. The minimum Gasteiger partial charge on any atom is -0.397 e. The van der Waals surface area contributed by atoms with Gasteiger partial charge in [-0.2, -0.15) is 0 Å². The molecular formula is C13H21N3O2. The van der Waals surface area contributed by atoms with Gasteiger partial charge in [0.05, 0.1) is 17.0 Å². The molecule has 0 saturated carbocycles. The Hall–Kier alpha value is -1.75. The van der Waals surface area contributed by atoms with Gasteiger partial charge in [0.1, 0.15) is 0 Å². The van der Waals surface area contributed by atoms with E-state index in [1.807, 2.05) is 13.8 Å². The van der Waals surface area contributed by atoms with Crippen molar-refractivity contribution in [3.05, 3.63) is 23.8 Å². The Labute approximate surface area is 107 Å². The maximum atomic E-state index is 11.1. The predicted molar refractivity (Wildman–Crippen MR) is 73.4 cm³/mol. The van der Waals surface area contributed by atoms with Crippen LogP contribution in [0.1, 0.15) is 37.0 Å². The van der Waals surface area contributed by atoms with Gasteiger partial charge >= 0.3 is 0 Å². The molecule has 0 unspecified atom stereocenters. The highest BCUT2D eigenvalue weighted by molar-refractivity contribution is 5.94. The number of hydrogen-bond acceptors (Lipinski definition) is 4. The van der Waals surface area contributed by atoms with Crippen LogP contribution in [0.5, 0.6) is 0 Å². The summed E-state index contributed by atoms with van der Waals surface area (Å²) < 4.78 is 0. The van der Waals surface area contributed by atoms with Gasteiger partial charge in [0, 0.05) is 12.1 Å². The molecule has 5 nitrogen and oxygen atoms in total. The second-order valence-electron chi connectivity index (χ2n) is 4.45. The van der Waals surface area contributed by atoms with Crippen LogP contribution in [0.25, 0.3) is 0 Å². The van der Waals surface area contributed by atoms with Crippen molar-refractivity contribution in [2.24, 2.45) is 5.73 Å². The molecule has 0 aliphatic heterocycles. The van der Waals surface area contributed by atoms with Crippen molar-refractivity contribution in [1.29, 1.82) is 0 Å². The molecule has 0 radical (unpaired) electrons.